The summed E-state index contributed by atoms with van der Waals surface area (Å²) in [5.74, 6) is 1.71. The van der Waals surface area contributed by atoms with Crippen molar-refractivity contribution in [2.75, 3.05) is 14.7 Å². The van der Waals surface area contributed by atoms with Gasteiger partial charge in [0, 0.05) is 67.6 Å². The van der Waals surface area contributed by atoms with Gasteiger partial charge in [0.1, 0.15) is 11.5 Å². The smallest absolute Gasteiger partial charge is 0.256 e. The van der Waals surface area contributed by atoms with E-state index in [-0.39, 0.29) is 24.8 Å². The topological polar surface area (TPSA) is 19.0 Å². The van der Waals surface area contributed by atoms with Crippen LogP contribution in [0.4, 0.5) is 51.2 Å². The average Bonchev–Trinajstić information content (AvgIpc) is 3.41. The molecular formula is C65H48B2BrN3O. The van der Waals surface area contributed by atoms with Crippen LogP contribution in [0.15, 0.2) is 235 Å². The molecule has 7 heteroatoms. The zero-order valence-electron chi connectivity index (χ0n) is 40.3. The van der Waals surface area contributed by atoms with Crippen LogP contribution in [-0.4, -0.2) is 13.4 Å². The molecule has 0 aliphatic carbocycles. The number of nitrogens with zero attached hydrogens (tertiary/aromatic N) is 3. The normalized spacial score (nSPS) is 13.7. The van der Waals surface area contributed by atoms with Crippen molar-refractivity contribution in [1.29, 1.82) is 0 Å². The summed E-state index contributed by atoms with van der Waals surface area (Å²) in [4.78, 5) is 7.48. The molecule has 14 rings (SSSR count). The molecule has 10 aromatic carbocycles. The highest BCUT2D eigenvalue weighted by Crippen LogP contribution is 2.49. The first-order chi connectivity index (χ1) is 35.3. The van der Waals surface area contributed by atoms with Gasteiger partial charge in [-0.3, -0.25) is 0 Å². The zero-order chi connectivity index (χ0) is 48.2. The molecule has 0 spiro atoms. The van der Waals surface area contributed by atoms with E-state index < -0.39 is 0 Å². The first-order valence-corrected chi connectivity index (χ1v) is 25.8. The van der Waals surface area contributed by atoms with E-state index in [1.807, 2.05) is 0 Å². The Morgan fingerprint density at radius 3 is 1.42 bits per heavy atom. The first kappa shape index (κ1) is 42.9. The maximum absolute atomic E-state index is 7.61. The fourth-order valence-corrected chi connectivity index (χ4v) is 12.6. The van der Waals surface area contributed by atoms with Crippen LogP contribution in [0.1, 0.15) is 48.9 Å². The number of benzene rings is 10. The summed E-state index contributed by atoms with van der Waals surface area (Å²) in [6, 6.07) is 85.0. The molecule has 4 aliphatic rings. The van der Waals surface area contributed by atoms with Gasteiger partial charge in [0.2, 0.25) is 0 Å². The molecule has 0 amide bonds. The number of halogens is 1. The fourth-order valence-electron chi connectivity index (χ4n) is 12.2. The van der Waals surface area contributed by atoms with Crippen molar-refractivity contribution in [2.45, 2.75) is 32.1 Å². The monoisotopic (exact) mass is 987 g/mol. The van der Waals surface area contributed by atoms with Crippen molar-refractivity contribution in [3.63, 3.8) is 0 Å². The lowest BCUT2D eigenvalue weighted by Crippen LogP contribution is -2.64. The Labute approximate surface area is 431 Å². The van der Waals surface area contributed by atoms with E-state index in [0.29, 0.717) is 0 Å². The van der Waals surface area contributed by atoms with Crippen LogP contribution in [-0.2, 0) is 5.41 Å². The molecular weight excluding hydrogens is 940 g/mol. The van der Waals surface area contributed by atoms with Crippen molar-refractivity contribution in [3.05, 3.63) is 257 Å². The Morgan fingerprint density at radius 2 is 0.847 bits per heavy atom. The van der Waals surface area contributed by atoms with Gasteiger partial charge in [-0.2, -0.15) is 0 Å². The summed E-state index contributed by atoms with van der Waals surface area (Å²) in [6.45, 7) is 6.79. The Kier molecular flexibility index (Phi) is 9.85. The molecule has 4 heterocycles. The van der Waals surface area contributed by atoms with Crippen LogP contribution in [0.5, 0.6) is 11.5 Å². The van der Waals surface area contributed by atoms with Crippen molar-refractivity contribution in [2.24, 2.45) is 0 Å². The Hall–Kier alpha value is -7.99. The molecule has 0 bridgehead atoms. The third kappa shape index (κ3) is 6.67. The summed E-state index contributed by atoms with van der Waals surface area (Å²) in [5, 5.41) is 0. The van der Waals surface area contributed by atoms with Gasteiger partial charge in [-0.25, -0.2) is 0 Å². The quantitative estimate of drug-likeness (QED) is 0.122. The van der Waals surface area contributed by atoms with Gasteiger partial charge in [0.05, 0.1) is 0 Å². The molecule has 0 N–H and O–H groups in total. The second kappa shape index (κ2) is 16.5. The Morgan fingerprint density at radius 1 is 0.375 bits per heavy atom. The van der Waals surface area contributed by atoms with E-state index in [4.69, 9.17) is 4.74 Å². The summed E-state index contributed by atoms with van der Waals surface area (Å²) < 4.78 is 8.65. The molecule has 0 saturated carbocycles. The zero-order valence-corrected chi connectivity index (χ0v) is 41.9. The van der Waals surface area contributed by atoms with Crippen LogP contribution in [0.25, 0.3) is 0 Å². The fraction of sp³-hybridized carbons (Fsp3) is 0.0769. The number of anilines is 9. The van der Waals surface area contributed by atoms with E-state index in [0.717, 1.165) is 55.6 Å². The second-order valence-electron chi connectivity index (χ2n) is 20.6. The largest absolute Gasteiger partial charge is 0.458 e. The molecule has 4 aliphatic heterocycles. The van der Waals surface area contributed by atoms with Gasteiger partial charge in [-0.1, -0.05) is 182 Å². The van der Waals surface area contributed by atoms with E-state index >= 15 is 0 Å². The number of para-hydroxylation sites is 4. The van der Waals surface area contributed by atoms with Gasteiger partial charge >= 0.3 is 0 Å². The minimum Gasteiger partial charge on any atom is -0.458 e. The molecule has 0 fully saturated rings. The summed E-state index contributed by atoms with van der Waals surface area (Å²) in [5.41, 5.74) is 22.6. The lowest BCUT2D eigenvalue weighted by Gasteiger charge is -2.46. The van der Waals surface area contributed by atoms with E-state index in [1.54, 1.807) is 0 Å². The standard InChI is InChI=1S/C65H48B2BrN3O/c1-65(2,3)45-37-58-63-59(38-45)71(49-29-17-8-18-30-49)56-41-60-53(40-52(56)66(63)50-31-19-20-32-54(50)69(58)47-25-13-6-14-26-47)67-51-39-46(68)33-34-55(51)70(48-27-15-7-16-28-48)57-35-44(36-61(72-60)64(57)67)62(42-21-9-4-10-22-42)43-23-11-5-12-24-43/h4-41,62H,1-3H3. The van der Waals surface area contributed by atoms with Crippen LogP contribution in [0.3, 0.4) is 0 Å². The minimum absolute atomic E-state index is 0.0389. The molecule has 72 heavy (non-hydrogen) atoms. The van der Waals surface area contributed by atoms with Crippen molar-refractivity contribution < 1.29 is 4.74 Å². The van der Waals surface area contributed by atoms with Crippen LogP contribution in [0, 0.1) is 0 Å². The highest BCUT2D eigenvalue weighted by Gasteiger charge is 2.48. The second-order valence-corrected chi connectivity index (χ2v) is 21.5. The number of hydrogen-bond donors (Lipinski definition) is 0. The van der Waals surface area contributed by atoms with Gasteiger partial charge in [-0.15, -0.1) is 0 Å². The summed E-state index contributed by atoms with van der Waals surface area (Å²) in [7, 11) is 0. The van der Waals surface area contributed by atoms with Crippen LogP contribution in [0.2, 0.25) is 0 Å². The maximum Gasteiger partial charge on any atom is 0.256 e. The highest BCUT2D eigenvalue weighted by molar-refractivity contribution is 9.10. The first-order valence-electron chi connectivity index (χ1n) is 25.0. The van der Waals surface area contributed by atoms with Gasteiger partial charge in [0.15, 0.2) is 0 Å². The molecule has 4 nitrogen and oxygen atoms in total. The number of rotatable bonds is 6. The maximum atomic E-state index is 7.61. The number of fused-ring (bicyclic) bond motifs is 8. The third-order valence-corrected chi connectivity index (χ3v) is 15.9. The van der Waals surface area contributed by atoms with Gasteiger partial charge in [-0.05, 0) is 139 Å². The van der Waals surface area contributed by atoms with Crippen molar-refractivity contribution in [3.8, 4) is 11.5 Å². The lowest BCUT2D eigenvalue weighted by molar-refractivity contribution is 0.487. The Bertz CT molecular complexity index is 3720. The van der Waals surface area contributed by atoms with Crippen molar-refractivity contribution in [1.82, 2.24) is 0 Å². The van der Waals surface area contributed by atoms with E-state index in [9.17, 15) is 0 Å². The highest BCUT2D eigenvalue weighted by atomic mass is 79.9. The molecule has 10 aromatic rings. The predicted octanol–water partition coefficient (Wildman–Crippen LogP) is 13.4. The predicted molar refractivity (Wildman–Crippen MR) is 307 cm³/mol. The average molecular weight is 989 g/mol. The molecule has 0 unspecified atom stereocenters. The van der Waals surface area contributed by atoms with E-state index in [1.165, 1.54) is 66.6 Å². The van der Waals surface area contributed by atoms with Gasteiger partial charge < -0.3 is 19.4 Å². The van der Waals surface area contributed by atoms with Crippen LogP contribution >= 0.6 is 15.9 Å². The SMILES string of the molecule is CC(C)(C)c1cc2c3c(c1)N(c1ccccc1)c1cc4c(cc1B3c1ccccc1N2c1ccccc1)B1c2cc(Br)ccc2N(c2ccccc2)c2cc(C(c3ccccc3)c3ccccc3)cc(c21)O4. The number of hydrogen-bond acceptors (Lipinski definition) is 4. The van der Waals surface area contributed by atoms with Gasteiger partial charge in [0.25, 0.3) is 13.4 Å². The summed E-state index contributed by atoms with van der Waals surface area (Å²) >= 11 is 3.97. The van der Waals surface area contributed by atoms with Crippen LogP contribution < -0.4 is 52.2 Å². The summed E-state index contributed by atoms with van der Waals surface area (Å²) in [6.07, 6.45) is 0. The Balaban J connectivity index is 1.07. The molecule has 0 radical (unpaired) electrons. The molecule has 0 saturated heterocycles. The lowest BCUT2D eigenvalue weighted by atomic mass is 9.30. The number of ether oxygens (including phenoxy) is 1. The van der Waals surface area contributed by atoms with E-state index in [2.05, 4.69) is 282 Å². The molecule has 0 atom stereocenters. The van der Waals surface area contributed by atoms with Crippen molar-refractivity contribution >= 4 is 113 Å². The molecule has 0 aromatic heterocycles. The molecule has 342 valence electrons. The third-order valence-electron chi connectivity index (χ3n) is 15.4. The minimum atomic E-state index is -0.133.